The lowest BCUT2D eigenvalue weighted by Gasteiger charge is -2.21. The number of carboxylic acids is 1. The van der Waals surface area contributed by atoms with Crippen molar-refractivity contribution in [2.75, 3.05) is 6.61 Å². The van der Waals surface area contributed by atoms with Crippen LogP contribution in [0.1, 0.15) is 66.2 Å². The van der Waals surface area contributed by atoms with Crippen LogP contribution in [0.5, 0.6) is 0 Å². The van der Waals surface area contributed by atoms with Gasteiger partial charge in [-0.3, -0.25) is 9.59 Å². The summed E-state index contributed by atoms with van der Waals surface area (Å²) in [7, 11) is 0. The number of aliphatic carboxylic acids is 1. The molecule has 0 amide bonds. The molecule has 0 aromatic rings. The van der Waals surface area contributed by atoms with E-state index in [0.717, 1.165) is 12.8 Å². The van der Waals surface area contributed by atoms with Gasteiger partial charge in [0.1, 0.15) is 5.78 Å². The zero-order valence-electron chi connectivity index (χ0n) is 12.7. The first-order chi connectivity index (χ1) is 8.60. The third-order valence-electron chi connectivity index (χ3n) is 3.57. The van der Waals surface area contributed by atoms with E-state index in [2.05, 4.69) is 0 Å². The molecule has 0 aliphatic heterocycles. The van der Waals surface area contributed by atoms with Crippen molar-refractivity contribution in [3.63, 3.8) is 0 Å². The largest absolute Gasteiger partial charge is 0.481 e. The number of hydrogen-bond acceptors (Lipinski definition) is 3. The maximum absolute atomic E-state index is 11.7. The van der Waals surface area contributed by atoms with Gasteiger partial charge in [0.15, 0.2) is 0 Å². The molecule has 0 saturated carbocycles. The van der Waals surface area contributed by atoms with Crippen molar-refractivity contribution in [1.82, 2.24) is 0 Å². The molecule has 0 fully saturated rings. The van der Waals surface area contributed by atoms with Gasteiger partial charge in [-0.15, -0.1) is 0 Å². The first-order valence-corrected chi connectivity index (χ1v) is 6.97. The number of carboxylic acid groups (broad SMARTS) is 1. The number of aliphatic hydroxyl groups is 1. The van der Waals surface area contributed by atoms with Crippen molar-refractivity contribution in [1.29, 1.82) is 0 Å². The van der Waals surface area contributed by atoms with Gasteiger partial charge in [0, 0.05) is 19.4 Å². The summed E-state index contributed by atoms with van der Waals surface area (Å²) in [6, 6.07) is 0. The van der Waals surface area contributed by atoms with Crippen molar-refractivity contribution in [3.05, 3.63) is 0 Å². The minimum absolute atomic E-state index is 0.119. The van der Waals surface area contributed by atoms with Gasteiger partial charge < -0.3 is 10.2 Å². The third-order valence-corrected chi connectivity index (χ3v) is 3.57. The fourth-order valence-corrected chi connectivity index (χ4v) is 1.80. The van der Waals surface area contributed by atoms with Crippen molar-refractivity contribution >= 4 is 11.8 Å². The molecular formula is C15H28O4. The molecule has 0 atom stereocenters. The Morgan fingerprint density at radius 2 is 1.42 bits per heavy atom. The summed E-state index contributed by atoms with van der Waals surface area (Å²) in [5.74, 6) is -0.625. The Balaban J connectivity index is 3.81. The van der Waals surface area contributed by atoms with Crippen LogP contribution >= 0.6 is 0 Å². The maximum Gasteiger partial charge on any atom is 0.309 e. The summed E-state index contributed by atoms with van der Waals surface area (Å²) in [5.41, 5.74) is -0.870. The molecule has 19 heavy (non-hydrogen) atoms. The third kappa shape index (κ3) is 7.98. The van der Waals surface area contributed by atoms with Gasteiger partial charge in [0.05, 0.1) is 5.41 Å². The summed E-state index contributed by atoms with van der Waals surface area (Å²) in [6.45, 7) is 7.46. The fourth-order valence-electron chi connectivity index (χ4n) is 1.80. The summed E-state index contributed by atoms with van der Waals surface area (Å²) in [4.78, 5) is 22.6. The molecule has 0 bridgehead atoms. The molecule has 2 N–H and O–H groups in total. The molecule has 0 saturated heterocycles. The number of carbonyl (C=O) groups excluding carboxylic acids is 1. The van der Waals surface area contributed by atoms with Gasteiger partial charge in [-0.2, -0.15) is 0 Å². The van der Waals surface area contributed by atoms with Crippen LogP contribution in [0.25, 0.3) is 0 Å². The zero-order chi connectivity index (χ0) is 15.1. The van der Waals surface area contributed by atoms with E-state index in [1.165, 1.54) is 0 Å². The Hall–Kier alpha value is -0.900. The predicted octanol–water partition coefficient (Wildman–Crippen LogP) is 3.03. The second kappa shape index (κ2) is 7.63. The highest BCUT2D eigenvalue weighted by Crippen LogP contribution is 2.25. The quantitative estimate of drug-likeness (QED) is 0.641. The van der Waals surface area contributed by atoms with Gasteiger partial charge in [-0.1, -0.05) is 13.8 Å². The number of hydrogen-bond donors (Lipinski definition) is 2. The highest BCUT2D eigenvalue weighted by molar-refractivity contribution is 5.78. The Kier molecular flexibility index (Phi) is 7.27. The van der Waals surface area contributed by atoms with Gasteiger partial charge in [0.25, 0.3) is 0 Å². The van der Waals surface area contributed by atoms with Crippen LogP contribution in [0, 0.1) is 10.8 Å². The first kappa shape index (κ1) is 18.1. The Morgan fingerprint density at radius 3 is 1.84 bits per heavy atom. The second-order valence-corrected chi connectivity index (χ2v) is 6.76. The van der Waals surface area contributed by atoms with Crippen LogP contribution in [0.2, 0.25) is 0 Å². The summed E-state index contributed by atoms with van der Waals surface area (Å²) < 4.78 is 0. The lowest BCUT2D eigenvalue weighted by molar-refractivity contribution is -0.147. The molecule has 0 rings (SSSR count). The molecule has 4 nitrogen and oxygen atoms in total. The second-order valence-electron chi connectivity index (χ2n) is 6.76. The van der Waals surface area contributed by atoms with E-state index >= 15 is 0 Å². The van der Waals surface area contributed by atoms with Gasteiger partial charge in [-0.05, 0) is 44.9 Å². The molecule has 0 spiro atoms. The normalized spacial score (nSPS) is 12.5. The standard InChI is InChI=1S/C15H28O4/c1-14(2,11-16)9-5-7-12(17)8-6-10-15(3,4)13(18)19/h16H,5-11H2,1-4H3,(H,18,19). The molecule has 0 unspecified atom stereocenters. The Bertz CT molecular complexity index is 305. The maximum atomic E-state index is 11.7. The van der Waals surface area contributed by atoms with Crippen molar-refractivity contribution in [2.45, 2.75) is 66.2 Å². The molecule has 0 aliphatic carbocycles. The lowest BCUT2D eigenvalue weighted by atomic mass is 9.86. The predicted molar refractivity (Wildman–Crippen MR) is 75.0 cm³/mol. The topological polar surface area (TPSA) is 74.6 Å². The number of Topliss-reactive ketones (excluding diaryl/α,β-unsaturated/α-hetero) is 1. The van der Waals surface area contributed by atoms with E-state index in [9.17, 15) is 9.59 Å². The van der Waals surface area contributed by atoms with Crippen LogP contribution < -0.4 is 0 Å². The van der Waals surface area contributed by atoms with Crippen molar-refractivity contribution in [3.8, 4) is 0 Å². The van der Waals surface area contributed by atoms with Crippen LogP contribution in [-0.2, 0) is 9.59 Å². The molecule has 4 heteroatoms. The Morgan fingerprint density at radius 1 is 0.947 bits per heavy atom. The van der Waals surface area contributed by atoms with Gasteiger partial charge in [0.2, 0.25) is 0 Å². The summed E-state index contributed by atoms with van der Waals surface area (Å²) in [6.07, 6.45) is 3.75. The van der Waals surface area contributed by atoms with E-state index in [0.29, 0.717) is 25.7 Å². The number of carbonyl (C=O) groups is 2. The summed E-state index contributed by atoms with van der Waals surface area (Å²) >= 11 is 0. The SMILES string of the molecule is CC(C)(CO)CCCC(=O)CCCC(C)(C)C(=O)O. The summed E-state index contributed by atoms with van der Waals surface area (Å²) in [5, 5.41) is 18.1. The average Bonchev–Trinajstić information content (AvgIpc) is 2.28. The minimum atomic E-state index is -0.815. The molecule has 0 aromatic heterocycles. The van der Waals surface area contributed by atoms with Crippen LogP contribution in [0.15, 0.2) is 0 Å². The fraction of sp³-hybridized carbons (Fsp3) is 0.867. The smallest absolute Gasteiger partial charge is 0.309 e. The van der Waals surface area contributed by atoms with Crippen LogP contribution in [0.4, 0.5) is 0 Å². The molecule has 0 aliphatic rings. The van der Waals surface area contributed by atoms with E-state index in [-0.39, 0.29) is 17.8 Å². The lowest BCUT2D eigenvalue weighted by Crippen LogP contribution is -2.23. The monoisotopic (exact) mass is 272 g/mol. The van der Waals surface area contributed by atoms with Crippen LogP contribution in [0.3, 0.4) is 0 Å². The van der Waals surface area contributed by atoms with Gasteiger partial charge >= 0.3 is 5.97 Å². The average molecular weight is 272 g/mol. The number of ketones is 1. The minimum Gasteiger partial charge on any atom is -0.481 e. The molecule has 0 radical (unpaired) electrons. The van der Waals surface area contributed by atoms with Crippen LogP contribution in [-0.4, -0.2) is 28.6 Å². The molecular weight excluding hydrogens is 244 g/mol. The van der Waals surface area contributed by atoms with E-state index in [1.54, 1.807) is 13.8 Å². The van der Waals surface area contributed by atoms with E-state index in [1.807, 2.05) is 13.8 Å². The zero-order valence-corrected chi connectivity index (χ0v) is 12.7. The highest BCUT2D eigenvalue weighted by atomic mass is 16.4. The van der Waals surface area contributed by atoms with Gasteiger partial charge in [-0.25, -0.2) is 0 Å². The number of aliphatic hydroxyl groups excluding tert-OH is 1. The number of rotatable bonds is 10. The molecule has 112 valence electrons. The van der Waals surface area contributed by atoms with E-state index in [4.69, 9.17) is 10.2 Å². The molecule has 0 aromatic carbocycles. The molecule has 0 heterocycles. The van der Waals surface area contributed by atoms with E-state index < -0.39 is 11.4 Å². The van der Waals surface area contributed by atoms with Crippen molar-refractivity contribution in [2.24, 2.45) is 10.8 Å². The first-order valence-electron chi connectivity index (χ1n) is 6.97. The Labute approximate surface area is 116 Å². The van der Waals surface area contributed by atoms with Crippen molar-refractivity contribution < 1.29 is 19.8 Å². The highest BCUT2D eigenvalue weighted by Gasteiger charge is 2.26.